The number of aromatic nitrogens is 2. The molecule has 1 aliphatic heterocycles. The van der Waals surface area contributed by atoms with Gasteiger partial charge in [0, 0.05) is 17.7 Å². The Morgan fingerprint density at radius 1 is 1.18 bits per heavy atom. The van der Waals surface area contributed by atoms with Gasteiger partial charge in [0.2, 0.25) is 17.5 Å². The van der Waals surface area contributed by atoms with Crippen molar-refractivity contribution in [3.8, 4) is 40.5 Å². The van der Waals surface area contributed by atoms with Crippen molar-refractivity contribution in [2.75, 3.05) is 21.3 Å². The van der Waals surface area contributed by atoms with Gasteiger partial charge < -0.3 is 24.7 Å². The summed E-state index contributed by atoms with van der Waals surface area (Å²) in [6.45, 7) is 0. The zero-order chi connectivity index (χ0) is 23.7. The van der Waals surface area contributed by atoms with Crippen LogP contribution in [0.4, 0.5) is 5.69 Å². The van der Waals surface area contributed by atoms with Gasteiger partial charge in [0.15, 0.2) is 11.5 Å². The zero-order valence-electron chi connectivity index (χ0n) is 17.9. The maximum Gasteiger partial charge on any atom is 0.270 e. The Hall–Kier alpha value is -4.72. The number of ether oxygens (including phenoxy) is 4. The lowest BCUT2D eigenvalue weighted by atomic mass is 9.82. The van der Waals surface area contributed by atoms with E-state index in [-0.39, 0.29) is 23.0 Å². The molecule has 0 aliphatic carbocycles. The fraction of sp³-hybridized carbons (Fsp3) is 0.182. The smallest absolute Gasteiger partial charge is 0.270 e. The van der Waals surface area contributed by atoms with Crippen LogP contribution in [0.2, 0.25) is 0 Å². The number of allylic oxidation sites excluding steroid dienone is 1. The number of benzene rings is 2. The largest absolute Gasteiger partial charge is 0.493 e. The highest BCUT2D eigenvalue weighted by molar-refractivity contribution is 5.73. The van der Waals surface area contributed by atoms with E-state index >= 15 is 0 Å². The zero-order valence-corrected chi connectivity index (χ0v) is 17.9. The first-order chi connectivity index (χ1) is 15.9. The summed E-state index contributed by atoms with van der Waals surface area (Å²) in [5.41, 5.74) is 8.14. The Kier molecular flexibility index (Phi) is 5.49. The fourth-order valence-electron chi connectivity index (χ4n) is 3.84. The van der Waals surface area contributed by atoms with E-state index in [2.05, 4.69) is 16.3 Å². The van der Waals surface area contributed by atoms with Crippen LogP contribution in [-0.4, -0.2) is 36.5 Å². The Morgan fingerprint density at radius 3 is 2.45 bits per heavy atom. The molecule has 0 amide bonds. The van der Waals surface area contributed by atoms with Crippen molar-refractivity contribution in [2.45, 2.75) is 5.92 Å². The molecule has 33 heavy (non-hydrogen) atoms. The van der Waals surface area contributed by atoms with Gasteiger partial charge in [-0.2, -0.15) is 5.26 Å². The fourth-order valence-corrected chi connectivity index (χ4v) is 3.84. The minimum absolute atomic E-state index is 0.0903. The van der Waals surface area contributed by atoms with Crippen LogP contribution >= 0.6 is 0 Å². The number of nitrogens with zero attached hydrogens (tertiary/aromatic N) is 3. The molecule has 4 rings (SSSR count). The molecule has 1 aromatic heterocycles. The second kappa shape index (κ2) is 8.43. The Bertz CT molecular complexity index is 1300. The van der Waals surface area contributed by atoms with E-state index in [1.165, 1.54) is 33.5 Å². The topological polar surface area (TPSA) is 159 Å². The molecule has 2 heterocycles. The number of nitro groups is 1. The third-order valence-electron chi connectivity index (χ3n) is 5.30. The number of methoxy groups -OCH3 is 3. The molecule has 1 atom stereocenters. The van der Waals surface area contributed by atoms with Crippen molar-refractivity contribution < 1.29 is 23.9 Å². The number of non-ortho nitro benzene ring substituents is 1. The van der Waals surface area contributed by atoms with Crippen LogP contribution in [0.15, 0.2) is 47.9 Å². The number of nitrogens with two attached hydrogens (primary N) is 1. The number of nitriles is 1. The van der Waals surface area contributed by atoms with Crippen molar-refractivity contribution >= 4 is 5.69 Å². The van der Waals surface area contributed by atoms with Gasteiger partial charge in [-0.25, -0.2) is 0 Å². The van der Waals surface area contributed by atoms with Crippen LogP contribution in [0.5, 0.6) is 23.1 Å². The summed E-state index contributed by atoms with van der Waals surface area (Å²) in [7, 11) is 4.46. The predicted octanol–water partition coefficient (Wildman–Crippen LogP) is 3.23. The van der Waals surface area contributed by atoms with E-state index in [0.29, 0.717) is 39.6 Å². The van der Waals surface area contributed by atoms with Gasteiger partial charge in [0.25, 0.3) is 5.69 Å². The number of aromatic amines is 1. The first-order valence-corrected chi connectivity index (χ1v) is 9.64. The molecular formula is C22H19N5O6. The van der Waals surface area contributed by atoms with Crippen molar-refractivity contribution in [3.05, 3.63) is 69.1 Å². The summed E-state index contributed by atoms with van der Waals surface area (Å²) < 4.78 is 21.9. The number of hydrogen-bond acceptors (Lipinski definition) is 9. The molecule has 0 bridgehead atoms. The summed E-state index contributed by atoms with van der Waals surface area (Å²) in [5, 5.41) is 28.3. The first kappa shape index (κ1) is 21.5. The molecule has 3 N–H and O–H groups in total. The highest BCUT2D eigenvalue weighted by atomic mass is 16.6. The molecule has 1 aliphatic rings. The van der Waals surface area contributed by atoms with E-state index in [1.807, 2.05) is 0 Å². The van der Waals surface area contributed by atoms with E-state index < -0.39 is 10.8 Å². The average Bonchev–Trinajstić information content (AvgIpc) is 3.25. The number of nitro benzene ring substituents is 1. The molecule has 0 fully saturated rings. The molecule has 11 heteroatoms. The quantitative estimate of drug-likeness (QED) is 0.425. The van der Waals surface area contributed by atoms with Crippen molar-refractivity contribution in [1.29, 1.82) is 5.26 Å². The second-order valence-electron chi connectivity index (χ2n) is 7.01. The van der Waals surface area contributed by atoms with Gasteiger partial charge in [0.1, 0.15) is 11.6 Å². The number of fused-ring (bicyclic) bond motifs is 1. The van der Waals surface area contributed by atoms with Gasteiger partial charge >= 0.3 is 0 Å². The first-order valence-electron chi connectivity index (χ1n) is 9.64. The third-order valence-corrected chi connectivity index (χ3v) is 5.30. The lowest BCUT2D eigenvalue weighted by Gasteiger charge is -2.25. The van der Waals surface area contributed by atoms with E-state index in [4.69, 9.17) is 24.7 Å². The Morgan fingerprint density at radius 2 is 1.88 bits per heavy atom. The number of hydrogen-bond donors (Lipinski definition) is 2. The number of nitrogens with one attached hydrogen (secondary N) is 1. The highest BCUT2D eigenvalue weighted by Gasteiger charge is 2.37. The van der Waals surface area contributed by atoms with E-state index in [9.17, 15) is 15.4 Å². The standard InChI is InChI=1S/C22H19N5O6/c1-30-15-8-12(9-16(31-2)20(15)32-3)17-14(10-23)21(24)33-22-18(17)19(25-26-22)11-5-4-6-13(7-11)27(28)29/h4-9,17H,24H2,1-3H3,(H,25,26)/t17-/m0/s1. The summed E-state index contributed by atoms with van der Waals surface area (Å²) in [5.74, 6) is 0.498. The average molecular weight is 449 g/mol. The van der Waals surface area contributed by atoms with Gasteiger partial charge in [-0.1, -0.05) is 12.1 Å². The molecule has 168 valence electrons. The maximum absolute atomic E-state index is 11.3. The van der Waals surface area contributed by atoms with Crippen LogP contribution in [0.1, 0.15) is 17.0 Å². The van der Waals surface area contributed by atoms with Crippen LogP contribution in [0.3, 0.4) is 0 Å². The Labute approximate surface area is 188 Å². The molecule has 0 saturated heterocycles. The number of rotatable bonds is 6. The van der Waals surface area contributed by atoms with Gasteiger partial charge in [-0.05, 0) is 17.7 Å². The van der Waals surface area contributed by atoms with Crippen molar-refractivity contribution in [2.24, 2.45) is 5.73 Å². The SMILES string of the molecule is COc1cc([C@H]2C(C#N)=C(N)Oc3n[nH]c(-c4cccc([N+](=O)[O-])c4)c32)cc(OC)c1OC. The van der Waals surface area contributed by atoms with Crippen LogP contribution in [0, 0.1) is 21.4 Å². The van der Waals surface area contributed by atoms with Crippen molar-refractivity contribution in [1.82, 2.24) is 10.2 Å². The van der Waals surface area contributed by atoms with Crippen LogP contribution in [-0.2, 0) is 0 Å². The molecule has 0 radical (unpaired) electrons. The minimum atomic E-state index is -0.722. The van der Waals surface area contributed by atoms with Crippen molar-refractivity contribution in [3.63, 3.8) is 0 Å². The molecule has 11 nitrogen and oxygen atoms in total. The van der Waals surface area contributed by atoms with Gasteiger partial charge in [0.05, 0.1) is 43.4 Å². The number of H-pyrrole nitrogens is 1. The van der Waals surface area contributed by atoms with Gasteiger partial charge in [-0.15, -0.1) is 5.10 Å². The third kappa shape index (κ3) is 3.53. The molecule has 0 saturated carbocycles. The monoisotopic (exact) mass is 449 g/mol. The van der Waals surface area contributed by atoms with Gasteiger partial charge in [-0.3, -0.25) is 15.2 Å². The maximum atomic E-state index is 11.3. The molecule has 3 aromatic rings. The summed E-state index contributed by atoms with van der Waals surface area (Å²) in [6, 6.07) is 11.6. The molecule has 0 spiro atoms. The normalized spacial score (nSPS) is 14.7. The second-order valence-corrected chi connectivity index (χ2v) is 7.01. The van der Waals surface area contributed by atoms with E-state index in [0.717, 1.165) is 0 Å². The lowest BCUT2D eigenvalue weighted by Crippen LogP contribution is -2.21. The minimum Gasteiger partial charge on any atom is -0.493 e. The lowest BCUT2D eigenvalue weighted by molar-refractivity contribution is -0.384. The molecular weight excluding hydrogens is 430 g/mol. The summed E-state index contributed by atoms with van der Waals surface area (Å²) in [6.07, 6.45) is 0. The van der Waals surface area contributed by atoms with Crippen LogP contribution in [0.25, 0.3) is 11.3 Å². The van der Waals surface area contributed by atoms with Crippen LogP contribution < -0.4 is 24.7 Å². The molecule has 0 unspecified atom stereocenters. The highest BCUT2D eigenvalue weighted by Crippen LogP contribution is 2.49. The summed E-state index contributed by atoms with van der Waals surface area (Å²) >= 11 is 0. The summed E-state index contributed by atoms with van der Waals surface area (Å²) in [4.78, 5) is 10.8. The van der Waals surface area contributed by atoms with E-state index in [1.54, 1.807) is 24.3 Å². The Balaban J connectivity index is 1.98. The molecule has 2 aromatic carbocycles. The predicted molar refractivity (Wildman–Crippen MR) is 116 cm³/mol.